The van der Waals surface area contributed by atoms with Gasteiger partial charge in [-0.15, -0.1) is 5.92 Å². The van der Waals surface area contributed by atoms with E-state index in [4.69, 9.17) is 4.18 Å². The van der Waals surface area contributed by atoms with Crippen molar-refractivity contribution in [3.05, 3.63) is 0 Å². The fourth-order valence-electron chi connectivity index (χ4n) is 0.860. The molecule has 0 spiro atoms. The monoisotopic (exact) mass is 158 g/mol. The molecule has 10 heavy (non-hydrogen) atoms. The zero-order valence-corrected chi connectivity index (χ0v) is 6.90. The van der Waals surface area contributed by atoms with Crippen LogP contribution in [0.25, 0.3) is 0 Å². The first-order chi connectivity index (χ1) is 4.74. The van der Waals surface area contributed by atoms with Gasteiger partial charge in [0.05, 0.1) is 5.75 Å². The van der Waals surface area contributed by atoms with E-state index in [2.05, 4.69) is 11.8 Å². The quantitative estimate of drug-likeness (QED) is 0.485. The lowest BCUT2D eigenvalue weighted by molar-refractivity contribution is 0.269. The molecule has 56 valence electrons. The van der Waals surface area contributed by atoms with Gasteiger partial charge < -0.3 is 0 Å². The van der Waals surface area contributed by atoms with Crippen molar-refractivity contribution in [3.8, 4) is 11.8 Å². The van der Waals surface area contributed by atoms with Gasteiger partial charge in [-0.2, -0.15) is 0 Å². The van der Waals surface area contributed by atoms with Crippen LogP contribution in [0.3, 0.4) is 0 Å². The van der Waals surface area contributed by atoms with Crippen molar-refractivity contribution in [2.45, 2.75) is 20.0 Å². The maximum atomic E-state index is 10.8. The second kappa shape index (κ2) is 3.18. The van der Waals surface area contributed by atoms with E-state index in [0.29, 0.717) is 11.7 Å². The van der Waals surface area contributed by atoms with Gasteiger partial charge in [0.1, 0.15) is 6.10 Å². The van der Waals surface area contributed by atoms with Gasteiger partial charge in [0.15, 0.2) is 11.1 Å². The Kier molecular flexibility index (Phi) is 2.47. The summed E-state index contributed by atoms with van der Waals surface area (Å²) in [5.41, 5.74) is 0. The molecule has 1 saturated heterocycles. The van der Waals surface area contributed by atoms with E-state index in [0.717, 1.165) is 0 Å². The third kappa shape index (κ3) is 1.59. The highest BCUT2D eigenvalue weighted by molar-refractivity contribution is 7.80. The zero-order chi connectivity index (χ0) is 7.56. The summed E-state index contributed by atoms with van der Waals surface area (Å²) in [6.45, 7) is 3.76. The first-order valence-corrected chi connectivity index (χ1v) is 4.46. The van der Waals surface area contributed by atoms with Crippen LogP contribution in [-0.2, 0) is 15.3 Å². The maximum Gasteiger partial charge on any atom is 0.157 e. The zero-order valence-electron chi connectivity index (χ0n) is 6.09. The van der Waals surface area contributed by atoms with E-state index >= 15 is 0 Å². The van der Waals surface area contributed by atoms with Crippen LogP contribution >= 0.6 is 0 Å². The van der Waals surface area contributed by atoms with Crippen molar-refractivity contribution < 1.29 is 8.39 Å². The van der Waals surface area contributed by atoms with Gasteiger partial charge in [-0.3, -0.25) is 4.18 Å². The molecule has 1 fully saturated rings. The second-order valence-electron chi connectivity index (χ2n) is 2.36. The summed E-state index contributed by atoms with van der Waals surface area (Å²) in [6, 6.07) is 0. The summed E-state index contributed by atoms with van der Waals surface area (Å²) < 4.78 is 15.8. The van der Waals surface area contributed by atoms with E-state index in [1.165, 1.54) is 0 Å². The predicted molar refractivity (Wildman–Crippen MR) is 40.5 cm³/mol. The average Bonchev–Trinajstić information content (AvgIpc) is 2.13. The Balaban J connectivity index is 2.60. The molecule has 0 N–H and O–H groups in total. The molecule has 1 aliphatic rings. The van der Waals surface area contributed by atoms with Gasteiger partial charge in [-0.25, -0.2) is 4.21 Å². The second-order valence-corrected chi connectivity index (χ2v) is 3.49. The van der Waals surface area contributed by atoms with Gasteiger partial charge in [0, 0.05) is 5.92 Å². The average molecular weight is 158 g/mol. The number of hydrogen-bond acceptors (Lipinski definition) is 2. The molecule has 1 heterocycles. The Labute approximate surface area is 63.6 Å². The molecular formula is C7H10O2S. The molecule has 3 heteroatoms. The van der Waals surface area contributed by atoms with E-state index < -0.39 is 11.1 Å². The first-order valence-electron chi connectivity index (χ1n) is 3.22. The molecule has 0 amide bonds. The summed E-state index contributed by atoms with van der Waals surface area (Å²) in [6.07, 6.45) is -0.106. The summed E-state index contributed by atoms with van der Waals surface area (Å²) in [5.74, 6) is 6.55. The first kappa shape index (κ1) is 7.77. The van der Waals surface area contributed by atoms with Crippen LogP contribution in [0, 0.1) is 17.8 Å². The Morgan fingerprint density at radius 1 is 1.70 bits per heavy atom. The minimum absolute atomic E-state index is 0.106. The normalized spacial score (nSPS) is 38.8. The third-order valence-corrected chi connectivity index (χ3v) is 2.63. The van der Waals surface area contributed by atoms with Crippen LogP contribution in [0.2, 0.25) is 0 Å². The van der Waals surface area contributed by atoms with Crippen LogP contribution in [0.5, 0.6) is 0 Å². The molecule has 0 bridgehead atoms. The van der Waals surface area contributed by atoms with E-state index in [1.807, 2.05) is 6.92 Å². The van der Waals surface area contributed by atoms with E-state index in [9.17, 15) is 4.21 Å². The number of hydrogen-bond donors (Lipinski definition) is 0. The minimum Gasteiger partial charge on any atom is -0.274 e. The Hall–Kier alpha value is -0.330. The van der Waals surface area contributed by atoms with Crippen molar-refractivity contribution >= 4 is 11.1 Å². The molecule has 0 aliphatic carbocycles. The fraction of sp³-hybridized carbons (Fsp3) is 0.714. The lowest BCUT2D eigenvalue weighted by atomic mass is 10.1. The predicted octanol–water partition coefficient (Wildman–Crippen LogP) is 0.708. The molecule has 0 aromatic carbocycles. The smallest absolute Gasteiger partial charge is 0.157 e. The lowest BCUT2D eigenvalue weighted by Gasteiger charge is -2.01. The molecule has 3 unspecified atom stereocenters. The van der Waals surface area contributed by atoms with Crippen molar-refractivity contribution in [2.75, 3.05) is 5.75 Å². The molecule has 0 radical (unpaired) electrons. The van der Waals surface area contributed by atoms with Crippen molar-refractivity contribution in [1.82, 2.24) is 0 Å². The van der Waals surface area contributed by atoms with E-state index in [-0.39, 0.29) is 6.10 Å². The fourth-order valence-corrected chi connectivity index (χ4v) is 2.01. The standard InChI is InChI=1S/C7H10O2S/c1-3-4-7-6(2)5-10(8)9-7/h6-7H,5H2,1-2H3. The highest BCUT2D eigenvalue weighted by atomic mass is 32.2. The molecule has 1 aliphatic heterocycles. The molecule has 3 atom stereocenters. The van der Waals surface area contributed by atoms with Crippen LogP contribution in [0.4, 0.5) is 0 Å². The molecule has 0 aromatic rings. The maximum absolute atomic E-state index is 10.8. The minimum atomic E-state index is -1.09. The highest BCUT2D eigenvalue weighted by Crippen LogP contribution is 2.18. The Morgan fingerprint density at radius 3 is 2.80 bits per heavy atom. The molecule has 0 aromatic heterocycles. The highest BCUT2D eigenvalue weighted by Gasteiger charge is 2.28. The Morgan fingerprint density at radius 2 is 2.40 bits per heavy atom. The molecule has 1 rings (SSSR count). The van der Waals surface area contributed by atoms with Crippen molar-refractivity contribution in [3.63, 3.8) is 0 Å². The largest absolute Gasteiger partial charge is 0.274 e. The lowest BCUT2D eigenvalue weighted by Crippen LogP contribution is -2.10. The topological polar surface area (TPSA) is 26.3 Å². The van der Waals surface area contributed by atoms with Gasteiger partial charge in [0.25, 0.3) is 0 Å². The Bertz CT molecular complexity index is 201. The van der Waals surface area contributed by atoms with Crippen LogP contribution in [0.1, 0.15) is 13.8 Å². The summed E-state index contributed by atoms with van der Waals surface area (Å²) in [5, 5.41) is 0. The third-order valence-electron chi connectivity index (χ3n) is 1.41. The van der Waals surface area contributed by atoms with Crippen LogP contribution < -0.4 is 0 Å². The summed E-state index contributed by atoms with van der Waals surface area (Å²) in [7, 11) is 0. The molecular weight excluding hydrogens is 148 g/mol. The number of rotatable bonds is 0. The van der Waals surface area contributed by atoms with Gasteiger partial charge in [-0.1, -0.05) is 12.8 Å². The van der Waals surface area contributed by atoms with Crippen LogP contribution in [-0.4, -0.2) is 16.1 Å². The van der Waals surface area contributed by atoms with Gasteiger partial charge in [-0.05, 0) is 6.92 Å². The summed E-state index contributed by atoms with van der Waals surface area (Å²) >= 11 is -1.09. The van der Waals surface area contributed by atoms with Gasteiger partial charge >= 0.3 is 0 Å². The van der Waals surface area contributed by atoms with Crippen LogP contribution in [0.15, 0.2) is 0 Å². The van der Waals surface area contributed by atoms with Gasteiger partial charge in [0.2, 0.25) is 0 Å². The van der Waals surface area contributed by atoms with Crippen molar-refractivity contribution in [1.29, 1.82) is 0 Å². The van der Waals surface area contributed by atoms with E-state index in [1.54, 1.807) is 6.92 Å². The molecule has 2 nitrogen and oxygen atoms in total. The SMILES string of the molecule is CC#CC1OS(=O)CC1C. The molecule has 0 saturated carbocycles. The van der Waals surface area contributed by atoms with Crippen molar-refractivity contribution in [2.24, 2.45) is 5.92 Å². The summed E-state index contributed by atoms with van der Waals surface area (Å²) in [4.78, 5) is 0.